The molecule has 0 saturated carbocycles. The molecule has 0 aromatic carbocycles. The highest BCUT2D eigenvalue weighted by Crippen LogP contribution is 2.37. The molecule has 0 saturated heterocycles. The summed E-state index contributed by atoms with van der Waals surface area (Å²) in [6, 6.07) is 0. The quantitative estimate of drug-likeness (QED) is 0.775. The molecular weight excluding hydrogens is 233 g/mol. The summed E-state index contributed by atoms with van der Waals surface area (Å²) < 4.78 is 17.3. The number of hydrogen-bond donors (Lipinski definition) is 0. The Kier molecular flexibility index (Phi) is 2.18. The summed E-state index contributed by atoms with van der Waals surface area (Å²) in [5.41, 5.74) is 0.622. The molecule has 0 unspecified atom stereocenters. The largest absolute Gasteiger partial charge is 0.320 e. The van der Waals surface area contributed by atoms with E-state index in [1.54, 1.807) is 10.8 Å². The van der Waals surface area contributed by atoms with Crippen molar-refractivity contribution in [1.82, 2.24) is 14.3 Å². The summed E-state index contributed by atoms with van der Waals surface area (Å²) in [4.78, 5) is 12.1. The smallest absolute Gasteiger partial charge is 0.279 e. The Labute approximate surface area is 104 Å². The Morgan fingerprint density at radius 2 is 2.22 bits per heavy atom. The van der Waals surface area contributed by atoms with Gasteiger partial charge in [-0.3, -0.25) is 4.79 Å². The van der Waals surface area contributed by atoms with Crippen molar-refractivity contribution in [1.29, 1.82) is 0 Å². The lowest BCUT2D eigenvalue weighted by molar-refractivity contribution is 0.342. The van der Waals surface area contributed by atoms with Gasteiger partial charge in [0.2, 0.25) is 5.95 Å². The number of aromatic nitrogens is 3. The number of rotatable bonds is 1. The van der Waals surface area contributed by atoms with Crippen LogP contribution in [0.2, 0.25) is 0 Å². The van der Waals surface area contributed by atoms with Crippen LogP contribution in [0.1, 0.15) is 26.5 Å². The van der Waals surface area contributed by atoms with Gasteiger partial charge in [0.15, 0.2) is 0 Å². The zero-order valence-electron chi connectivity index (χ0n) is 10.8. The molecule has 0 radical (unpaired) electrons. The molecule has 1 aliphatic rings. The lowest BCUT2D eigenvalue weighted by Crippen LogP contribution is -2.22. The Morgan fingerprint density at radius 3 is 2.89 bits per heavy atom. The van der Waals surface area contributed by atoms with Gasteiger partial charge in [0.1, 0.15) is 5.39 Å². The molecule has 5 heteroatoms. The first-order chi connectivity index (χ1) is 8.44. The van der Waals surface area contributed by atoms with Crippen LogP contribution in [0.5, 0.6) is 0 Å². The molecule has 0 atom stereocenters. The zero-order chi connectivity index (χ0) is 13.1. The summed E-state index contributed by atoms with van der Waals surface area (Å²) in [7, 11) is 0. The molecular formula is C13H16FN3O. The van der Waals surface area contributed by atoms with Crippen molar-refractivity contribution in [3.8, 4) is 0 Å². The van der Waals surface area contributed by atoms with Gasteiger partial charge < -0.3 is 4.57 Å². The average molecular weight is 249 g/mol. The van der Waals surface area contributed by atoms with Crippen LogP contribution in [0, 0.1) is 11.4 Å². The molecule has 0 aliphatic carbocycles. The van der Waals surface area contributed by atoms with Gasteiger partial charge in [0.25, 0.3) is 5.56 Å². The molecule has 1 aliphatic heterocycles. The molecule has 0 amide bonds. The fourth-order valence-electron chi connectivity index (χ4n) is 2.82. The van der Waals surface area contributed by atoms with Crippen LogP contribution < -0.4 is 5.56 Å². The molecule has 18 heavy (non-hydrogen) atoms. The summed E-state index contributed by atoms with van der Waals surface area (Å²) in [6.07, 6.45) is 2.40. The van der Waals surface area contributed by atoms with E-state index in [1.165, 1.54) is 4.68 Å². The van der Waals surface area contributed by atoms with E-state index in [2.05, 4.69) is 18.9 Å². The van der Waals surface area contributed by atoms with E-state index < -0.39 is 5.95 Å². The monoisotopic (exact) mass is 249 g/mol. The standard InChI is InChI=1S/C13H16FN3O/c1-4-17-12(18)10-8(6-15-17)9-5-13(2,3)7-16(9)11(10)14/h6H,4-5,7H2,1-3H3. The first-order valence-corrected chi connectivity index (χ1v) is 6.21. The molecule has 0 spiro atoms. The average Bonchev–Trinajstić information content (AvgIpc) is 2.74. The van der Waals surface area contributed by atoms with E-state index in [-0.39, 0.29) is 16.4 Å². The molecule has 0 N–H and O–H groups in total. The van der Waals surface area contributed by atoms with E-state index in [9.17, 15) is 9.18 Å². The van der Waals surface area contributed by atoms with E-state index >= 15 is 0 Å². The second-order valence-corrected chi connectivity index (χ2v) is 5.72. The normalized spacial score (nSPS) is 17.3. The molecule has 2 aromatic heterocycles. The maximum atomic E-state index is 14.4. The van der Waals surface area contributed by atoms with Crippen molar-refractivity contribution in [2.75, 3.05) is 0 Å². The first kappa shape index (κ1) is 11.4. The molecule has 4 nitrogen and oxygen atoms in total. The number of nitrogens with zero attached hydrogens (tertiary/aromatic N) is 3. The van der Waals surface area contributed by atoms with E-state index in [4.69, 9.17) is 0 Å². The predicted octanol–water partition coefficient (Wildman–Crippen LogP) is 1.94. The van der Waals surface area contributed by atoms with Crippen molar-refractivity contribution < 1.29 is 4.39 Å². The molecule has 3 heterocycles. The van der Waals surface area contributed by atoms with Gasteiger partial charge in [-0.15, -0.1) is 0 Å². The third kappa shape index (κ3) is 1.36. The van der Waals surface area contributed by atoms with Crippen LogP contribution in [0.15, 0.2) is 11.0 Å². The summed E-state index contributed by atoms with van der Waals surface area (Å²) in [5, 5.41) is 4.95. The topological polar surface area (TPSA) is 39.8 Å². The predicted molar refractivity (Wildman–Crippen MR) is 67.1 cm³/mol. The van der Waals surface area contributed by atoms with Crippen molar-refractivity contribution in [3.05, 3.63) is 28.2 Å². The maximum Gasteiger partial charge on any atom is 0.279 e. The molecule has 0 bridgehead atoms. The van der Waals surface area contributed by atoms with Crippen molar-refractivity contribution in [2.45, 2.75) is 40.3 Å². The summed E-state index contributed by atoms with van der Waals surface area (Å²) >= 11 is 0. The third-order valence-corrected chi connectivity index (χ3v) is 3.66. The number of hydrogen-bond acceptors (Lipinski definition) is 2. The molecule has 2 aromatic rings. The molecule has 3 rings (SSSR count). The van der Waals surface area contributed by atoms with Gasteiger partial charge in [-0.1, -0.05) is 13.8 Å². The number of halogens is 1. The van der Waals surface area contributed by atoms with E-state index in [0.717, 1.165) is 12.1 Å². The minimum Gasteiger partial charge on any atom is -0.320 e. The maximum absolute atomic E-state index is 14.4. The van der Waals surface area contributed by atoms with E-state index in [1.807, 2.05) is 6.92 Å². The third-order valence-electron chi connectivity index (χ3n) is 3.66. The van der Waals surface area contributed by atoms with Crippen LogP contribution in [-0.2, 0) is 19.5 Å². The Hall–Kier alpha value is -1.65. The summed E-state index contributed by atoms with van der Waals surface area (Å²) in [5.74, 6) is -0.403. The van der Waals surface area contributed by atoms with Gasteiger partial charge in [-0.05, 0) is 18.8 Å². The van der Waals surface area contributed by atoms with Gasteiger partial charge >= 0.3 is 0 Å². The number of aryl methyl sites for hydroxylation is 1. The highest BCUT2D eigenvalue weighted by molar-refractivity contribution is 5.85. The van der Waals surface area contributed by atoms with Crippen LogP contribution in [0.4, 0.5) is 4.39 Å². The highest BCUT2D eigenvalue weighted by atomic mass is 19.1. The van der Waals surface area contributed by atoms with Crippen molar-refractivity contribution in [3.63, 3.8) is 0 Å². The summed E-state index contributed by atoms with van der Waals surface area (Å²) in [6.45, 7) is 7.11. The zero-order valence-corrected chi connectivity index (χ0v) is 10.8. The van der Waals surface area contributed by atoms with Crippen LogP contribution in [0.3, 0.4) is 0 Å². The van der Waals surface area contributed by atoms with Crippen LogP contribution in [0.25, 0.3) is 10.8 Å². The fraction of sp³-hybridized carbons (Fsp3) is 0.538. The fourth-order valence-corrected chi connectivity index (χ4v) is 2.82. The Morgan fingerprint density at radius 1 is 1.50 bits per heavy atom. The Bertz CT molecular complexity index is 696. The lowest BCUT2D eigenvalue weighted by atomic mass is 9.90. The van der Waals surface area contributed by atoms with E-state index in [0.29, 0.717) is 18.5 Å². The second kappa shape index (κ2) is 3.43. The SMILES string of the molecule is CCn1ncc2c3n(c(F)c2c1=O)CC(C)(C)C3. The van der Waals surface area contributed by atoms with Crippen molar-refractivity contribution in [2.24, 2.45) is 5.41 Å². The molecule has 96 valence electrons. The second-order valence-electron chi connectivity index (χ2n) is 5.72. The highest BCUT2D eigenvalue weighted by Gasteiger charge is 2.34. The van der Waals surface area contributed by atoms with Gasteiger partial charge in [-0.2, -0.15) is 9.49 Å². The van der Waals surface area contributed by atoms with Gasteiger partial charge in [0.05, 0.1) is 6.20 Å². The van der Waals surface area contributed by atoms with Crippen molar-refractivity contribution >= 4 is 10.8 Å². The minimum atomic E-state index is -0.403. The minimum absolute atomic E-state index is 0.0456. The molecule has 0 fully saturated rings. The number of fused-ring (bicyclic) bond motifs is 3. The van der Waals surface area contributed by atoms with Gasteiger partial charge in [0, 0.05) is 24.2 Å². The first-order valence-electron chi connectivity index (χ1n) is 6.21. The van der Waals surface area contributed by atoms with Crippen LogP contribution >= 0.6 is 0 Å². The Balaban J connectivity index is 2.36. The lowest BCUT2D eigenvalue weighted by Gasteiger charge is -2.15. The van der Waals surface area contributed by atoms with Gasteiger partial charge in [-0.25, -0.2) is 4.68 Å². The van der Waals surface area contributed by atoms with Crippen LogP contribution in [-0.4, -0.2) is 14.3 Å².